The highest BCUT2D eigenvalue weighted by Crippen LogP contribution is 2.36. The van der Waals surface area contributed by atoms with Crippen LogP contribution in [0, 0.1) is 12.8 Å². The van der Waals surface area contributed by atoms with E-state index in [1.807, 2.05) is 43.5 Å². The fourth-order valence-corrected chi connectivity index (χ4v) is 5.18. The van der Waals surface area contributed by atoms with Crippen LogP contribution in [0.3, 0.4) is 0 Å². The second-order valence-electron chi connectivity index (χ2n) is 8.79. The van der Waals surface area contributed by atoms with Crippen molar-refractivity contribution in [3.05, 3.63) is 40.8 Å². The molecule has 1 saturated heterocycles. The molecule has 2 N–H and O–H groups in total. The maximum absolute atomic E-state index is 12.9. The van der Waals surface area contributed by atoms with Crippen LogP contribution < -0.4 is 10.6 Å². The van der Waals surface area contributed by atoms with Crippen LogP contribution in [-0.2, 0) is 14.3 Å². The van der Waals surface area contributed by atoms with E-state index < -0.39 is 5.97 Å². The van der Waals surface area contributed by atoms with Gasteiger partial charge in [0.2, 0.25) is 11.8 Å². The summed E-state index contributed by atoms with van der Waals surface area (Å²) in [5.74, 6) is -0.160. The topological polar surface area (TPSA) is 87.7 Å². The Bertz CT molecular complexity index is 986. The van der Waals surface area contributed by atoms with Crippen LogP contribution in [0.4, 0.5) is 5.00 Å². The molecule has 184 valence electrons. The number of nitrogens with one attached hydrogen (secondary N) is 2. The molecule has 2 heterocycles. The van der Waals surface area contributed by atoms with E-state index >= 15 is 0 Å². The van der Waals surface area contributed by atoms with Gasteiger partial charge in [-0.2, -0.15) is 0 Å². The van der Waals surface area contributed by atoms with Gasteiger partial charge in [-0.15, -0.1) is 11.3 Å². The van der Waals surface area contributed by atoms with Gasteiger partial charge in [-0.3, -0.25) is 14.5 Å². The van der Waals surface area contributed by atoms with Crippen molar-refractivity contribution in [2.45, 2.75) is 46.5 Å². The predicted molar refractivity (Wildman–Crippen MR) is 136 cm³/mol. The normalized spacial score (nSPS) is 16.1. The zero-order valence-corrected chi connectivity index (χ0v) is 21.1. The molecule has 1 aromatic carbocycles. The lowest BCUT2D eigenvalue weighted by atomic mass is 9.98. The summed E-state index contributed by atoms with van der Waals surface area (Å²) in [6, 6.07) is 7.94. The van der Waals surface area contributed by atoms with Gasteiger partial charge in [0.15, 0.2) is 0 Å². The molecule has 1 unspecified atom stereocenters. The number of thiophene rings is 1. The van der Waals surface area contributed by atoms with Crippen molar-refractivity contribution in [3.8, 4) is 11.1 Å². The Balaban J connectivity index is 1.65. The Labute approximate surface area is 205 Å². The molecule has 1 fully saturated rings. The second kappa shape index (κ2) is 12.7. The number of hydrogen-bond donors (Lipinski definition) is 2. The van der Waals surface area contributed by atoms with Gasteiger partial charge in [-0.1, -0.05) is 36.8 Å². The summed E-state index contributed by atoms with van der Waals surface area (Å²) in [6.07, 6.45) is 3.42. The number of carbonyl (C=O) groups is 3. The van der Waals surface area contributed by atoms with Crippen LogP contribution in [0.15, 0.2) is 29.6 Å². The number of benzene rings is 1. The van der Waals surface area contributed by atoms with Gasteiger partial charge >= 0.3 is 5.97 Å². The molecule has 1 aliphatic heterocycles. The van der Waals surface area contributed by atoms with E-state index in [2.05, 4.69) is 15.5 Å². The Morgan fingerprint density at radius 3 is 2.62 bits per heavy atom. The Morgan fingerprint density at radius 2 is 1.91 bits per heavy atom. The number of amides is 2. The van der Waals surface area contributed by atoms with E-state index in [4.69, 9.17) is 4.74 Å². The Hall–Kier alpha value is -2.71. The minimum Gasteiger partial charge on any atom is -0.462 e. The molecule has 0 spiro atoms. The number of likely N-dealkylation sites (tertiary alicyclic amines) is 1. The first-order chi connectivity index (χ1) is 16.4. The predicted octanol–water partition coefficient (Wildman–Crippen LogP) is 4.47. The molecule has 7 nitrogen and oxygen atoms in total. The quantitative estimate of drug-likeness (QED) is 0.485. The summed E-state index contributed by atoms with van der Waals surface area (Å²) in [4.78, 5) is 39.6. The summed E-state index contributed by atoms with van der Waals surface area (Å²) < 4.78 is 5.29. The summed E-state index contributed by atoms with van der Waals surface area (Å²) in [5.41, 5.74) is 3.21. The van der Waals surface area contributed by atoms with Gasteiger partial charge < -0.3 is 15.4 Å². The minimum atomic E-state index is -0.435. The summed E-state index contributed by atoms with van der Waals surface area (Å²) in [6.45, 7) is 8.55. The van der Waals surface area contributed by atoms with Crippen LogP contribution in [0.25, 0.3) is 11.1 Å². The van der Waals surface area contributed by atoms with Gasteiger partial charge in [0.25, 0.3) is 0 Å². The van der Waals surface area contributed by atoms with Crippen molar-refractivity contribution in [2.24, 2.45) is 5.92 Å². The molecular weight excluding hydrogens is 450 g/mol. The molecule has 2 amide bonds. The average molecular weight is 486 g/mol. The SMILES string of the molecule is CCCC(=O)NCC1CCCN(CC(=O)Nc2scc(-c3ccc(C)cc3)c2C(=O)OCC)C1. The molecule has 0 saturated carbocycles. The third-order valence-electron chi connectivity index (χ3n) is 5.92. The van der Waals surface area contributed by atoms with E-state index in [1.165, 1.54) is 11.3 Å². The summed E-state index contributed by atoms with van der Waals surface area (Å²) >= 11 is 1.34. The summed E-state index contributed by atoms with van der Waals surface area (Å²) in [5, 5.41) is 8.36. The van der Waals surface area contributed by atoms with Crippen molar-refractivity contribution in [1.82, 2.24) is 10.2 Å². The minimum absolute atomic E-state index is 0.0888. The molecule has 0 aliphatic carbocycles. The highest BCUT2D eigenvalue weighted by Gasteiger charge is 2.25. The molecule has 2 aromatic rings. The van der Waals surface area contributed by atoms with Crippen LogP contribution in [-0.4, -0.2) is 55.5 Å². The Morgan fingerprint density at radius 1 is 1.15 bits per heavy atom. The monoisotopic (exact) mass is 485 g/mol. The third kappa shape index (κ3) is 7.14. The lowest BCUT2D eigenvalue weighted by molar-refractivity contribution is -0.121. The molecule has 0 radical (unpaired) electrons. The van der Waals surface area contributed by atoms with E-state index in [0.717, 1.165) is 49.0 Å². The van der Waals surface area contributed by atoms with E-state index in [-0.39, 0.29) is 25.0 Å². The number of esters is 1. The van der Waals surface area contributed by atoms with Crippen molar-refractivity contribution in [3.63, 3.8) is 0 Å². The van der Waals surface area contributed by atoms with Gasteiger partial charge in [-0.25, -0.2) is 4.79 Å². The summed E-state index contributed by atoms with van der Waals surface area (Å²) in [7, 11) is 0. The van der Waals surface area contributed by atoms with E-state index in [0.29, 0.717) is 29.4 Å². The lowest BCUT2D eigenvalue weighted by Gasteiger charge is -2.32. The second-order valence-corrected chi connectivity index (χ2v) is 9.67. The van der Waals surface area contributed by atoms with Crippen LogP contribution in [0.5, 0.6) is 0 Å². The molecule has 0 bridgehead atoms. The van der Waals surface area contributed by atoms with E-state index in [1.54, 1.807) is 6.92 Å². The van der Waals surface area contributed by atoms with Gasteiger partial charge in [0.05, 0.1) is 13.2 Å². The first-order valence-corrected chi connectivity index (χ1v) is 12.9. The van der Waals surface area contributed by atoms with Gasteiger partial charge in [0, 0.05) is 30.5 Å². The highest BCUT2D eigenvalue weighted by molar-refractivity contribution is 7.15. The average Bonchev–Trinajstić information content (AvgIpc) is 3.22. The smallest absolute Gasteiger partial charge is 0.341 e. The van der Waals surface area contributed by atoms with Crippen LogP contribution >= 0.6 is 11.3 Å². The first-order valence-electron chi connectivity index (χ1n) is 12.1. The van der Waals surface area contributed by atoms with Crippen molar-refractivity contribution < 1.29 is 19.1 Å². The largest absolute Gasteiger partial charge is 0.462 e. The molecule has 34 heavy (non-hydrogen) atoms. The third-order valence-corrected chi connectivity index (χ3v) is 6.82. The zero-order valence-electron chi connectivity index (χ0n) is 20.3. The molecule has 1 aromatic heterocycles. The highest BCUT2D eigenvalue weighted by atomic mass is 32.1. The number of anilines is 1. The molecule has 3 rings (SSSR count). The fraction of sp³-hybridized carbons (Fsp3) is 0.500. The maximum Gasteiger partial charge on any atom is 0.341 e. The van der Waals surface area contributed by atoms with Gasteiger partial charge in [0.1, 0.15) is 10.6 Å². The van der Waals surface area contributed by atoms with Crippen LogP contribution in [0.1, 0.15) is 55.5 Å². The zero-order chi connectivity index (χ0) is 24.5. The van der Waals surface area contributed by atoms with Crippen molar-refractivity contribution >= 4 is 34.1 Å². The number of piperidine rings is 1. The molecule has 1 aliphatic rings. The lowest BCUT2D eigenvalue weighted by Crippen LogP contribution is -2.43. The standard InChI is InChI=1S/C26H35N3O4S/c1-4-7-22(30)27-14-19-8-6-13-29(15-19)16-23(31)28-25-24(26(32)33-5-2)21(17-34-25)20-11-9-18(3)10-12-20/h9-12,17,19H,4-8,13-16H2,1-3H3,(H,27,30)(H,28,31). The van der Waals surface area contributed by atoms with Gasteiger partial charge in [-0.05, 0) is 51.1 Å². The maximum atomic E-state index is 12.9. The number of nitrogens with zero attached hydrogens (tertiary/aromatic N) is 1. The Kier molecular flexibility index (Phi) is 9.65. The first kappa shape index (κ1) is 25.9. The van der Waals surface area contributed by atoms with Crippen LogP contribution in [0.2, 0.25) is 0 Å². The fourth-order valence-electron chi connectivity index (χ4n) is 4.21. The number of hydrogen-bond acceptors (Lipinski definition) is 6. The number of rotatable bonds is 10. The molecular formula is C26H35N3O4S. The number of ether oxygens (including phenoxy) is 1. The number of aryl methyl sites for hydroxylation is 1. The molecule has 8 heteroatoms. The van der Waals surface area contributed by atoms with Crippen molar-refractivity contribution in [2.75, 3.05) is 38.1 Å². The number of carbonyl (C=O) groups excluding carboxylic acids is 3. The van der Waals surface area contributed by atoms with Crippen molar-refractivity contribution in [1.29, 1.82) is 0 Å². The molecule has 1 atom stereocenters. The van der Waals surface area contributed by atoms with E-state index in [9.17, 15) is 14.4 Å².